The van der Waals surface area contributed by atoms with Crippen LogP contribution in [-0.2, 0) is 16.1 Å². The van der Waals surface area contributed by atoms with Crippen molar-refractivity contribution in [1.29, 1.82) is 0 Å². The van der Waals surface area contributed by atoms with Crippen LogP contribution in [0.2, 0.25) is 0 Å². The number of nitrogens with zero attached hydrogens (tertiary/aromatic N) is 2. The maximum Gasteiger partial charge on any atom is 0.228 e. The van der Waals surface area contributed by atoms with E-state index in [1.807, 2.05) is 61.0 Å². The summed E-state index contributed by atoms with van der Waals surface area (Å²) in [6.45, 7) is 4.34. The molecule has 3 heterocycles. The summed E-state index contributed by atoms with van der Waals surface area (Å²) >= 11 is 3.14. The Morgan fingerprint density at radius 3 is 2.64 bits per heavy atom. The Balaban J connectivity index is 1.60. The van der Waals surface area contributed by atoms with E-state index in [0.717, 1.165) is 26.8 Å². The van der Waals surface area contributed by atoms with Gasteiger partial charge < -0.3 is 10.2 Å². The number of rotatable bonds is 5. The van der Waals surface area contributed by atoms with Gasteiger partial charge in [-0.15, -0.1) is 22.7 Å². The largest absolute Gasteiger partial charge is 0.350 e. The number of carbonyl (C=O) groups is 2. The van der Waals surface area contributed by atoms with Crippen LogP contribution in [0, 0.1) is 19.8 Å². The predicted molar refractivity (Wildman–Crippen MR) is 113 cm³/mol. The Labute approximate surface area is 172 Å². The van der Waals surface area contributed by atoms with E-state index in [1.165, 1.54) is 0 Å². The molecule has 2 aromatic heterocycles. The molecule has 3 aromatic rings. The summed E-state index contributed by atoms with van der Waals surface area (Å²) in [4.78, 5) is 33.1. The second-order valence-electron chi connectivity index (χ2n) is 6.95. The summed E-state index contributed by atoms with van der Waals surface area (Å²) in [6.07, 6.45) is 0.207. The Morgan fingerprint density at radius 2 is 2.00 bits per heavy atom. The third-order valence-electron chi connectivity index (χ3n) is 4.92. The molecule has 1 aliphatic rings. The number of benzene rings is 1. The number of carbonyl (C=O) groups excluding carboxylic acids is 2. The van der Waals surface area contributed by atoms with Gasteiger partial charge in [0.15, 0.2) is 0 Å². The smallest absolute Gasteiger partial charge is 0.228 e. The molecule has 0 radical (unpaired) electrons. The van der Waals surface area contributed by atoms with Gasteiger partial charge in [-0.25, -0.2) is 4.98 Å². The molecule has 0 saturated carbocycles. The molecule has 1 aromatic carbocycles. The van der Waals surface area contributed by atoms with Crippen LogP contribution in [0.1, 0.15) is 33.6 Å². The molecule has 7 heteroatoms. The Morgan fingerprint density at radius 1 is 1.21 bits per heavy atom. The molecular weight excluding hydrogens is 390 g/mol. The van der Waals surface area contributed by atoms with Crippen LogP contribution >= 0.6 is 22.7 Å². The van der Waals surface area contributed by atoms with Gasteiger partial charge in [0.25, 0.3) is 0 Å². The molecule has 0 aliphatic carbocycles. The van der Waals surface area contributed by atoms with Crippen molar-refractivity contribution >= 4 is 40.2 Å². The average Bonchev–Trinajstić information content (AvgIpc) is 3.40. The molecule has 0 unspecified atom stereocenters. The minimum Gasteiger partial charge on any atom is -0.350 e. The quantitative estimate of drug-likeness (QED) is 0.683. The summed E-state index contributed by atoms with van der Waals surface area (Å²) in [5.74, 6) is -0.550. The maximum atomic E-state index is 13.0. The molecule has 1 fully saturated rings. The van der Waals surface area contributed by atoms with E-state index >= 15 is 0 Å². The topological polar surface area (TPSA) is 62.3 Å². The highest BCUT2D eigenvalue weighted by atomic mass is 32.1. The number of thiazole rings is 1. The first-order valence-corrected chi connectivity index (χ1v) is 10.9. The summed E-state index contributed by atoms with van der Waals surface area (Å²) in [6, 6.07) is 11.6. The molecule has 144 valence electrons. The molecule has 2 amide bonds. The first kappa shape index (κ1) is 18.8. The predicted octanol–water partition coefficient (Wildman–Crippen LogP) is 4.23. The minimum atomic E-state index is -0.424. The van der Waals surface area contributed by atoms with Gasteiger partial charge in [0.05, 0.1) is 29.2 Å². The molecule has 0 bridgehead atoms. The van der Waals surface area contributed by atoms with Crippen molar-refractivity contribution in [2.45, 2.75) is 32.9 Å². The molecule has 28 heavy (non-hydrogen) atoms. The van der Waals surface area contributed by atoms with Crippen molar-refractivity contribution in [3.63, 3.8) is 0 Å². The summed E-state index contributed by atoms with van der Waals surface area (Å²) in [7, 11) is 0. The van der Waals surface area contributed by atoms with E-state index in [-0.39, 0.29) is 24.3 Å². The van der Waals surface area contributed by atoms with Gasteiger partial charge in [-0.2, -0.15) is 0 Å². The van der Waals surface area contributed by atoms with E-state index in [1.54, 1.807) is 27.6 Å². The number of aromatic nitrogens is 1. The average molecular weight is 412 g/mol. The summed E-state index contributed by atoms with van der Waals surface area (Å²) < 4.78 is 0. The van der Waals surface area contributed by atoms with E-state index in [9.17, 15) is 9.59 Å². The fourth-order valence-corrected chi connectivity index (χ4v) is 5.06. The molecular formula is C21H21N3O2S2. The number of hydrogen-bond acceptors (Lipinski definition) is 5. The summed E-state index contributed by atoms with van der Waals surface area (Å²) in [5.41, 5.74) is 2.82. The number of thiophene rings is 1. The van der Waals surface area contributed by atoms with E-state index in [4.69, 9.17) is 0 Å². The van der Waals surface area contributed by atoms with Crippen molar-refractivity contribution < 1.29 is 9.59 Å². The van der Waals surface area contributed by atoms with Crippen molar-refractivity contribution in [3.8, 4) is 0 Å². The van der Waals surface area contributed by atoms with Gasteiger partial charge in [0, 0.05) is 22.4 Å². The summed E-state index contributed by atoms with van der Waals surface area (Å²) in [5, 5.41) is 7.89. The molecule has 1 N–H and O–H groups in total. The normalized spacial score (nSPS) is 19.2. The molecule has 0 spiro atoms. The fourth-order valence-electron chi connectivity index (χ4n) is 3.56. The SMILES string of the molecule is Cc1ccc(N2C(=O)C[C@@H](C(=O)NCc3csc(C)n3)[C@H]2c2cccs2)cc1. The van der Waals surface area contributed by atoms with Crippen molar-refractivity contribution in [1.82, 2.24) is 10.3 Å². The van der Waals surface area contributed by atoms with Gasteiger partial charge in [-0.1, -0.05) is 23.8 Å². The third kappa shape index (κ3) is 3.72. The van der Waals surface area contributed by atoms with Crippen LogP contribution in [0.25, 0.3) is 0 Å². The van der Waals surface area contributed by atoms with E-state index in [2.05, 4.69) is 10.3 Å². The fraction of sp³-hybridized carbons (Fsp3) is 0.286. The minimum absolute atomic E-state index is 0.0214. The lowest BCUT2D eigenvalue weighted by Crippen LogP contribution is -2.35. The lowest BCUT2D eigenvalue weighted by molar-refractivity contribution is -0.127. The highest BCUT2D eigenvalue weighted by molar-refractivity contribution is 7.10. The van der Waals surface area contributed by atoms with Crippen LogP contribution in [0.4, 0.5) is 5.69 Å². The van der Waals surface area contributed by atoms with Gasteiger partial charge in [0.1, 0.15) is 0 Å². The van der Waals surface area contributed by atoms with Gasteiger partial charge in [-0.05, 0) is 37.4 Å². The van der Waals surface area contributed by atoms with Crippen molar-refractivity contribution in [3.05, 3.63) is 68.3 Å². The number of nitrogens with one attached hydrogen (secondary N) is 1. The van der Waals surface area contributed by atoms with Crippen LogP contribution in [0.3, 0.4) is 0 Å². The first-order valence-electron chi connectivity index (χ1n) is 9.14. The Bertz CT molecular complexity index is 980. The second kappa shape index (κ2) is 7.85. The second-order valence-corrected chi connectivity index (χ2v) is 8.99. The van der Waals surface area contributed by atoms with E-state index in [0.29, 0.717) is 6.54 Å². The molecule has 2 atom stereocenters. The van der Waals surface area contributed by atoms with Crippen LogP contribution < -0.4 is 10.2 Å². The van der Waals surface area contributed by atoms with Crippen molar-refractivity contribution in [2.24, 2.45) is 5.92 Å². The molecule has 4 rings (SSSR count). The number of aryl methyl sites for hydroxylation is 2. The lowest BCUT2D eigenvalue weighted by Gasteiger charge is -2.27. The molecule has 1 aliphatic heterocycles. The number of amides is 2. The maximum absolute atomic E-state index is 13.0. The number of anilines is 1. The lowest BCUT2D eigenvalue weighted by atomic mass is 9.97. The van der Waals surface area contributed by atoms with Crippen LogP contribution in [-0.4, -0.2) is 16.8 Å². The van der Waals surface area contributed by atoms with E-state index < -0.39 is 5.92 Å². The monoisotopic (exact) mass is 411 g/mol. The van der Waals surface area contributed by atoms with Crippen molar-refractivity contribution in [2.75, 3.05) is 4.90 Å². The molecule has 5 nitrogen and oxygen atoms in total. The highest BCUT2D eigenvalue weighted by Crippen LogP contribution is 2.43. The Kier molecular flexibility index (Phi) is 5.28. The van der Waals surface area contributed by atoms with Gasteiger partial charge in [0.2, 0.25) is 11.8 Å². The highest BCUT2D eigenvalue weighted by Gasteiger charge is 2.45. The van der Waals surface area contributed by atoms with Crippen LogP contribution in [0.5, 0.6) is 0 Å². The molecule has 1 saturated heterocycles. The standard InChI is InChI=1S/C21H21N3O2S2/c1-13-5-7-16(8-6-13)24-19(25)10-17(20(24)18-4-3-9-27-18)21(26)22-11-15-12-28-14(2)23-15/h3-9,12,17,20H,10-11H2,1-2H3,(H,22,26)/t17-,20+/m1/s1. The van der Waals surface area contributed by atoms with Gasteiger partial charge >= 0.3 is 0 Å². The first-order chi connectivity index (χ1) is 13.5. The zero-order valence-electron chi connectivity index (χ0n) is 15.7. The van der Waals surface area contributed by atoms with Crippen LogP contribution in [0.15, 0.2) is 47.2 Å². The zero-order valence-corrected chi connectivity index (χ0v) is 17.3. The number of hydrogen-bond donors (Lipinski definition) is 1. The third-order valence-corrected chi connectivity index (χ3v) is 6.68. The van der Waals surface area contributed by atoms with Gasteiger partial charge in [-0.3, -0.25) is 9.59 Å². The zero-order chi connectivity index (χ0) is 19.7. The Hall–Kier alpha value is -2.51.